The maximum Gasteiger partial charge on any atom is 0.237 e. The van der Waals surface area contributed by atoms with Gasteiger partial charge in [0.05, 0.1) is 12.9 Å². The van der Waals surface area contributed by atoms with Gasteiger partial charge in [0.1, 0.15) is 11.5 Å². The number of halogens is 1. The van der Waals surface area contributed by atoms with E-state index in [1.807, 2.05) is 31.2 Å². The van der Waals surface area contributed by atoms with Crippen molar-refractivity contribution in [2.45, 2.75) is 12.7 Å². The fourth-order valence-electron chi connectivity index (χ4n) is 2.06. The average Bonchev–Trinajstić information content (AvgIpc) is 2.49. The summed E-state index contributed by atoms with van der Waals surface area (Å²) in [5, 5.41) is 3.28. The molecule has 0 aliphatic heterocycles. The molecule has 0 aliphatic rings. The molecule has 1 N–H and O–H groups in total. The lowest BCUT2D eigenvalue weighted by Crippen LogP contribution is -2.20. The Bertz CT molecular complexity index is 716. The van der Waals surface area contributed by atoms with Crippen molar-refractivity contribution in [3.63, 3.8) is 0 Å². The van der Waals surface area contributed by atoms with Crippen LogP contribution in [0.5, 0.6) is 5.75 Å². The van der Waals surface area contributed by atoms with Crippen LogP contribution in [0.2, 0.25) is 5.02 Å². The number of nitrogens with one attached hydrogen (secondary N) is 1. The van der Waals surface area contributed by atoms with Crippen molar-refractivity contribution in [1.29, 1.82) is 0 Å². The van der Waals surface area contributed by atoms with Crippen LogP contribution in [-0.2, 0) is 21.3 Å². The number of benzene rings is 2. The minimum atomic E-state index is -1.35. The van der Waals surface area contributed by atoms with E-state index in [1.54, 1.807) is 25.3 Å². The smallest absolute Gasteiger partial charge is 0.237 e. The maximum atomic E-state index is 12.2. The van der Waals surface area contributed by atoms with Crippen LogP contribution in [0.4, 0.5) is 5.69 Å². The first-order valence-electron chi connectivity index (χ1n) is 7.02. The van der Waals surface area contributed by atoms with Gasteiger partial charge in [0.25, 0.3) is 0 Å². The summed E-state index contributed by atoms with van der Waals surface area (Å²) in [5.74, 6) is 0.462. The number of carbonyl (C=O) groups excluding carboxylic acids is 1. The van der Waals surface area contributed by atoms with Gasteiger partial charge >= 0.3 is 0 Å². The molecule has 1 amide bonds. The monoisotopic (exact) mass is 351 g/mol. The molecule has 0 heterocycles. The van der Waals surface area contributed by atoms with Gasteiger partial charge in [0.15, 0.2) is 0 Å². The summed E-state index contributed by atoms with van der Waals surface area (Å²) < 4.78 is 17.4. The minimum Gasteiger partial charge on any atom is -0.496 e. The van der Waals surface area contributed by atoms with E-state index in [9.17, 15) is 9.00 Å². The van der Waals surface area contributed by atoms with Gasteiger partial charge in [-0.25, -0.2) is 0 Å². The highest BCUT2D eigenvalue weighted by atomic mass is 35.5. The molecule has 0 radical (unpaired) electrons. The topological polar surface area (TPSA) is 55.4 Å². The first-order chi connectivity index (χ1) is 11.0. The number of carbonyl (C=O) groups is 1. The predicted molar refractivity (Wildman–Crippen MR) is 94.5 cm³/mol. The highest BCUT2D eigenvalue weighted by Gasteiger charge is 2.12. The largest absolute Gasteiger partial charge is 0.496 e. The van der Waals surface area contributed by atoms with Gasteiger partial charge in [-0.3, -0.25) is 9.00 Å². The summed E-state index contributed by atoms with van der Waals surface area (Å²) in [4.78, 5) is 12.0. The summed E-state index contributed by atoms with van der Waals surface area (Å²) >= 11 is 5.95. The Morgan fingerprint density at radius 2 is 1.91 bits per heavy atom. The number of ether oxygens (including phenoxy) is 1. The molecular weight excluding hydrogens is 334 g/mol. The van der Waals surface area contributed by atoms with Crippen LogP contribution >= 0.6 is 11.6 Å². The molecule has 0 saturated carbocycles. The van der Waals surface area contributed by atoms with E-state index in [2.05, 4.69) is 5.32 Å². The summed E-state index contributed by atoms with van der Waals surface area (Å²) in [7, 11) is 0.191. The molecule has 2 rings (SSSR count). The molecule has 0 aliphatic carbocycles. The van der Waals surface area contributed by atoms with E-state index < -0.39 is 10.8 Å². The predicted octanol–water partition coefficient (Wildman–Crippen LogP) is 3.54. The number of hydrogen-bond acceptors (Lipinski definition) is 3. The number of rotatable bonds is 6. The average molecular weight is 352 g/mol. The molecule has 0 bridgehead atoms. The van der Waals surface area contributed by atoms with Crippen molar-refractivity contribution in [3.05, 3.63) is 58.6 Å². The van der Waals surface area contributed by atoms with E-state index in [0.29, 0.717) is 16.5 Å². The van der Waals surface area contributed by atoms with E-state index in [1.165, 1.54) is 0 Å². The molecule has 0 spiro atoms. The van der Waals surface area contributed by atoms with E-state index in [0.717, 1.165) is 11.1 Å². The van der Waals surface area contributed by atoms with Crippen molar-refractivity contribution in [2.75, 3.05) is 18.2 Å². The number of anilines is 1. The third-order valence-electron chi connectivity index (χ3n) is 3.19. The SMILES string of the molecule is COc1ccc(Cl)cc1C[S@](=O)CC(=O)Nc1ccc(C)cc1. The molecule has 0 saturated heterocycles. The second-order valence-electron chi connectivity index (χ2n) is 5.10. The highest BCUT2D eigenvalue weighted by Crippen LogP contribution is 2.24. The zero-order chi connectivity index (χ0) is 16.8. The quantitative estimate of drug-likeness (QED) is 0.866. The Morgan fingerprint density at radius 1 is 1.22 bits per heavy atom. The van der Waals surface area contributed by atoms with Crippen LogP contribution in [0.3, 0.4) is 0 Å². The summed E-state index contributed by atoms with van der Waals surface area (Å²) in [5.41, 5.74) is 2.53. The van der Waals surface area contributed by atoms with Gasteiger partial charge in [-0.05, 0) is 37.3 Å². The second-order valence-corrected chi connectivity index (χ2v) is 6.99. The molecule has 2 aromatic carbocycles. The molecule has 6 heteroatoms. The van der Waals surface area contributed by atoms with Gasteiger partial charge in [0, 0.05) is 27.1 Å². The number of methoxy groups -OCH3 is 1. The third-order valence-corrected chi connectivity index (χ3v) is 4.64. The zero-order valence-corrected chi connectivity index (χ0v) is 14.5. The summed E-state index contributed by atoms with van der Waals surface area (Å²) in [6.07, 6.45) is 0. The minimum absolute atomic E-state index is 0.0798. The van der Waals surface area contributed by atoms with Crippen LogP contribution in [0.1, 0.15) is 11.1 Å². The van der Waals surface area contributed by atoms with Gasteiger partial charge in [0.2, 0.25) is 5.91 Å². The Kier molecular flexibility index (Phi) is 6.19. The van der Waals surface area contributed by atoms with Gasteiger partial charge in [-0.15, -0.1) is 0 Å². The van der Waals surface area contributed by atoms with Crippen LogP contribution in [0.15, 0.2) is 42.5 Å². The lowest BCUT2D eigenvalue weighted by Gasteiger charge is -2.09. The molecular formula is C17H18ClNO3S. The molecule has 122 valence electrons. The van der Waals surface area contributed by atoms with Gasteiger partial charge in [-0.1, -0.05) is 29.3 Å². The van der Waals surface area contributed by atoms with E-state index in [4.69, 9.17) is 16.3 Å². The van der Waals surface area contributed by atoms with Crippen LogP contribution < -0.4 is 10.1 Å². The van der Waals surface area contributed by atoms with E-state index >= 15 is 0 Å². The molecule has 4 nitrogen and oxygen atoms in total. The summed E-state index contributed by atoms with van der Waals surface area (Å²) in [6.45, 7) is 1.97. The molecule has 23 heavy (non-hydrogen) atoms. The van der Waals surface area contributed by atoms with Crippen LogP contribution in [0.25, 0.3) is 0 Å². The van der Waals surface area contributed by atoms with Gasteiger partial charge < -0.3 is 10.1 Å². The van der Waals surface area contributed by atoms with Crippen molar-refractivity contribution < 1.29 is 13.7 Å². The highest BCUT2D eigenvalue weighted by molar-refractivity contribution is 7.85. The van der Waals surface area contributed by atoms with Crippen molar-refractivity contribution in [2.24, 2.45) is 0 Å². The van der Waals surface area contributed by atoms with E-state index in [-0.39, 0.29) is 17.4 Å². The number of aryl methyl sites for hydroxylation is 1. The normalized spacial score (nSPS) is 11.8. The molecule has 0 aromatic heterocycles. The lowest BCUT2D eigenvalue weighted by molar-refractivity contribution is -0.113. The fraction of sp³-hybridized carbons (Fsp3) is 0.235. The molecule has 1 atom stereocenters. The van der Waals surface area contributed by atoms with Crippen molar-refractivity contribution in [3.8, 4) is 5.75 Å². The lowest BCUT2D eigenvalue weighted by atomic mass is 10.2. The zero-order valence-electron chi connectivity index (χ0n) is 13.0. The maximum absolute atomic E-state index is 12.2. The Hall–Kier alpha value is -1.85. The Balaban J connectivity index is 1.95. The van der Waals surface area contributed by atoms with Crippen molar-refractivity contribution in [1.82, 2.24) is 0 Å². The number of amides is 1. The standard InChI is InChI=1S/C17H18ClNO3S/c1-12-3-6-15(7-4-12)19-17(20)11-23(21)10-13-9-14(18)5-8-16(13)22-2/h3-9H,10-11H2,1-2H3,(H,19,20)/t23-/m0/s1. The fourth-order valence-corrected chi connectivity index (χ4v) is 3.30. The Morgan fingerprint density at radius 3 is 2.57 bits per heavy atom. The van der Waals surface area contributed by atoms with Crippen molar-refractivity contribution >= 4 is 34.0 Å². The second kappa shape index (κ2) is 8.13. The van der Waals surface area contributed by atoms with Crippen LogP contribution in [0, 0.1) is 6.92 Å². The first-order valence-corrected chi connectivity index (χ1v) is 8.88. The van der Waals surface area contributed by atoms with Crippen LogP contribution in [-0.4, -0.2) is 23.0 Å². The molecule has 0 fully saturated rings. The Labute approximate surface area is 143 Å². The summed E-state index contributed by atoms with van der Waals surface area (Å²) in [6, 6.07) is 12.6. The molecule has 0 unspecified atom stereocenters. The number of hydrogen-bond donors (Lipinski definition) is 1. The molecule has 2 aromatic rings. The first kappa shape index (κ1) is 17.5. The van der Waals surface area contributed by atoms with Gasteiger partial charge in [-0.2, -0.15) is 0 Å². The third kappa shape index (κ3) is 5.37.